The van der Waals surface area contributed by atoms with E-state index in [4.69, 9.17) is 9.47 Å². The minimum atomic E-state index is -0.232. The molecule has 1 heterocycles. The molecule has 26 heavy (non-hydrogen) atoms. The van der Waals surface area contributed by atoms with Crippen LogP contribution in [0.3, 0.4) is 0 Å². The predicted molar refractivity (Wildman–Crippen MR) is 104 cm³/mol. The fraction of sp³-hybridized carbons (Fsp3) is 0.421. The first-order valence-corrected chi connectivity index (χ1v) is 9.73. The summed E-state index contributed by atoms with van der Waals surface area (Å²) < 4.78 is 11.9. The van der Waals surface area contributed by atoms with Gasteiger partial charge in [-0.1, -0.05) is 12.2 Å². The van der Waals surface area contributed by atoms with Crippen LogP contribution in [-0.4, -0.2) is 36.8 Å². The second kappa shape index (κ2) is 6.68. The van der Waals surface area contributed by atoms with Crippen LogP contribution in [0.15, 0.2) is 29.4 Å². The number of amides is 2. The molecule has 0 aromatic heterocycles. The maximum atomic E-state index is 12.7. The number of ether oxygens (including phenoxy) is 2. The van der Waals surface area contributed by atoms with E-state index in [1.54, 1.807) is 13.2 Å². The second-order valence-corrected chi connectivity index (χ2v) is 7.86. The first kappa shape index (κ1) is 17.5. The Morgan fingerprint density at radius 1 is 1.23 bits per heavy atom. The van der Waals surface area contributed by atoms with Crippen LogP contribution in [0.25, 0.3) is 0 Å². The lowest BCUT2D eigenvalue weighted by atomic mass is 9.85. The molecule has 2 amide bonds. The summed E-state index contributed by atoms with van der Waals surface area (Å²) in [6.45, 7) is 2.41. The van der Waals surface area contributed by atoms with Gasteiger partial charge in [0, 0.05) is 0 Å². The lowest BCUT2D eigenvalue weighted by Gasteiger charge is -2.13. The van der Waals surface area contributed by atoms with Crippen molar-refractivity contribution in [3.05, 3.63) is 33.4 Å². The number of allylic oxidation sites excluding steroid dienone is 2. The fourth-order valence-corrected chi connectivity index (χ4v) is 5.09. The highest BCUT2D eigenvalue weighted by atomic mass is 127. The van der Waals surface area contributed by atoms with Crippen LogP contribution in [0, 0.1) is 27.2 Å². The van der Waals surface area contributed by atoms with Gasteiger partial charge in [-0.05, 0) is 65.5 Å². The number of carbonyl (C=O) groups is 2. The van der Waals surface area contributed by atoms with E-state index >= 15 is 0 Å². The van der Waals surface area contributed by atoms with E-state index in [0.29, 0.717) is 18.1 Å². The van der Waals surface area contributed by atoms with Crippen LogP contribution in [0.1, 0.15) is 18.9 Å². The first-order valence-electron chi connectivity index (χ1n) is 8.65. The molecule has 1 aromatic rings. The molecular weight excluding hydrogens is 447 g/mol. The maximum absolute atomic E-state index is 12.7. The molecule has 2 aliphatic carbocycles. The van der Waals surface area contributed by atoms with Crippen molar-refractivity contribution >= 4 is 40.6 Å². The summed E-state index contributed by atoms with van der Waals surface area (Å²) >= 11 is 2.16. The van der Waals surface area contributed by atoms with Crippen LogP contribution in [-0.2, 0) is 9.59 Å². The third-order valence-electron chi connectivity index (χ3n) is 5.31. The van der Waals surface area contributed by atoms with Gasteiger partial charge in [0.05, 0.1) is 35.3 Å². The van der Waals surface area contributed by atoms with Gasteiger partial charge in [-0.3, -0.25) is 9.59 Å². The average Bonchev–Trinajstić information content (AvgIpc) is 3.28. The topological polar surface area (TPSA) is 68.2 Å². The zero-order valence-corrected chi connectivity index (χ0v) is 16.7. The summed E-state index contributed by atoms with van der Waals surface area (Å²) in [5, 5.41) is 5.27. The van der Waals surface area contributed by atoms with E-state index in [2.05, 4.69) is 39.8 Å². The highest BCUT2D eigenvalue weighted by molar-refractivity contribution is 14.1. The van der Waals surface area contributed by atoms with Crippen molar-refractivity contribution in [2.75, 3.05) is 13.7 Å². The van der Waals surface area contributed by atoms with Gasteiger partial charge in [0.2, 0.25) is 0 Å². The zero-order chi connectivity index (χ0) is 18.4. The van der Waals surface area contributed by atoms with E-state index in [1.165, 1.54) is 6.21 Å². The number of rotatable bonds is 5. The molecule has 7 heteroatoms. The summed E-state index contributed by atoms with van der Waals surface area (Å²) in [4.78, 5) is 25.3. The third kappa shape index (κ3) is 2.64. The third-order valence-corrected chi connectivity index (χ3v) is 6.11. The van der Waals surface area contributed by atoms with Gasteiger partial charge in [0.15, 0.2) is 11.5 Å². The normalized spacial score (nSPS) is 29.1. The zero-order valence-electron chi connectivity index (χ0n) is 14.5. The molecule has 2 fully saturated rings. The Labute approximate surface area is 165 Å². The number of nitrogens with zero attached hydrogens (tertiary/aromatic N) is 2. The number of fused-ring (bicyclic) bond motifs is 5. The standard InChI is InChI=1S/C19H19IN2O4/c1-3-26-14-7-10(6-13(20)17(14)25-2)9-21-22-18(23)15-11-4-5-12(8-11)16(15)19(22)24/h4-7,9,11-12,15-16H,3,8H2,1-2H3/b21-9-/t11-,12-,15+,16+/m0/s1. The van der Waals surface area contributed by atoms with Crippen LogP contribution in [0.2, 0.25) is 0 Å². The van der Waals surface area contributed by atoms with E-state index in [9.17, 15) is 9.59 Å². The Bertz CT molecular complexity index is 805. The number of halogens is 1. The van der Waals surface area contributed by atoms with Gasteiger partial charge in [0.1, 0.15) is 0 Å². The van der Waals surface area contributed by atoms with Crippen molar-refractivity contribution in [1.29, 1.82) is 0 Å². The second-order valence-electron chi connectivity index (χ2n) is 6.70. The molecule has 4 rings (SSSR count). The number of hydrogen-bond acceptors (Lipinski definition) is 5. The minimum absolute atomic E-state index is 0.179. The lowest BCUT2D eigenvalue weighted by molar-refractivity contribution is -0.140. The Morgan fingerprint density at radius 3 is 2.46 bits per heavy atom. The Hall–Kier alpha value is -1.90. The van der Waals surface area contributed by atoms with Crippen molar-refractivity contribution in [1.82, 2.24) is 5.01 Å². The SMILES string of the molecule is CCOc1cc(/C=N\N2C(=O)[C@H]3[C@H](C2=O)[C@H]2C=C[C@H]3C2)cc(I)c1OC. The molecule has 136 valence electrons. The van der Waals surface area contributed by atoms with Crippen LogP contribution in [0.4, 0.5) is 0 Å². The molecule has 2 bridgehead atoms. The highest BCUT2D eigenvalue weighted by Crippen LogP contribution is 2.52. The van der Waals surface area contributed by atoms with Crippen LogP contribution in [0.5, 0.6) is 11.5 Å². The number of hydrogen-bond donors (Lipinski definition) is 0. The molecule has 4 atom stereocenters. The fourth-order valence-electron chi connectivity index (χ4n) is 4.25. The molecule has 1 aliphatic heterocycles. The Morgan fingerprint density at radius 2 is 1.88 bits per heavy atom. The summed E-state index contributed by atoms with van der Waals surface area (Å²) in [7, 11) is 1.59. The van der Waals surface area contributed by atoms with E-state index in [-0.39, 0.29) is 35.5 Å². The molecule has 0 spiro atoms. The first-order chi connectivity index (χ1) is 12.5. The summed E-state index contributed by atoms with van der Waals surface area (Å²) in [6, 6.07) is 3.67. The van der Waals surface area contributed by atoms with Crippen molar-refractivity contribution in [2.24, 2.45) is 28.8 Å². The Balaban J connectivity index is 1.59. The predicted octanol–water partition coefficient (Wildman–Crippen LogP) is 2.84. The molecule has 1 aromatic carbocycles. The van der Waals surface area contributed by atoms with Gasteiger partial charge >= 0.3 is 0 Å². The number of carbonyl (C=O) groups excluding carboxylic acids is 2. The van der Waals surface area contributed by atoms with Gasteiger partial charge < -0.3 is 9.47 Å². The molecule has 0 radical (unpaired) electrons. The van der Waals surface area contributed by atoms with E-state index in [1.807, 2.05) is 13.0 Å². The smallest absolute Gasteiger partial charge is 0.254 e. The van der Waals surface area contributed by atoms with Crippen LogP contribution >= 0.6 is 22.6 Å². The van der Waals surface area contributed by atoms with Gasteiger partial charge in [0.25, 0.3) is 11.8 Å². The van der Waals surface area contributed by atoms with Crippen molar-refractivity contribution < 1.29 is 19.1 Å². The van der Waals surface area contributed by atoms with Crippen molar-refractivity contribution in [2.45, 2.75) is 13.3 Å². The monoisotopic (exact) mass is 466 g/mol. The maximum Gasteiger partial charge on any atom is 0.254 e. The largest absolute Gasteiger partial charge is 0.492 e. The number of imide groups is 1. The van der Waals surface area contributed by atoms with Crippen molar-refractivity contribution in [3.63, 3.8) is 0 Å². The number of methoxy groups -OCH3 is 1. The average molecular weight is 466 g/mol. The summed E-state index contributed by atoms with van der Waals surface area (Å²) in [5.74, 6) is 0.829. The van der Waals surface area contributed by atoms with E-state index < -0.39 is 0 Å². The minimum Gasteiger partial charge on any atom is -0.492 e. The molecule has 3 aliphatic rings. The van der Waals surface area contributed by atoms with Crippen LogP contribution < -0.4 is 9.47 Å². The quantitative estimate of drug-likeness (QED) is 0.290. The van der Waals surface area contributed by atoms with Crippen molar-refractivity contribution in [3.8, 4) is 11.5 Å². The van der Waals surface area contributed by atoms with Gasteiger partial charge in [-0.15, -0.1) is 0 Å². The molecule has 0 unspecified atom stereocenters. The highest BCUT2D eigenvalue weighted by Gasteiger charge is 2.59. The molecule has 6 nitrogen and oxygen atoms in total. The molecular formula is C19H19IN2O4. The molecule has 1 saturated heterocycles. The number of benzene rings is 1. The van der Waals surface area contributed by atoms with Gasteiger partial charge in [-0.25, -0.2) is 0 Å². The summed E-state index contributed by atoms with van der Waals surface area (Å²) in [6.07, 6.45) is 6.60. The van der Waals surface area contributed by atoms with Gasteiger partial charge in [-0.2, -0.15) is 10.1 Å². The molecule has 1 saturated carbocycles. The lowest BCUT2D eigenvalue weighted by Crippen LogP contribution is -2.28. The Kier molecular flexibility index (Phi) is 4.50. The van der Waals surface area contributed by atoms with E-state index in [0.717, 1.165) is 20.6 Å². The number of hydrazone groups is 1. The molecule has 0 N–H and O–H groups in total. The summed E-state index contributed by atoms with van der Waals surface area (Å²) in [5.41, 5.74) is 0.748.